The number of aliphatic hydroxyl groups excluding tert-OH is 1. The van der Waals surface area contributed by atoms with Crippen LogP contribution < -0.4 is 0 Å². The number of fused-ring (bicyclic) bond motifs is 1. The van der Waals surface area contributed by atoms with Gasteiger partial charge < -0.3 is 9.84 Å². The first-order valence-corrected chi connectivity index (χ1v) is 6.28. The minimum atomic E-state index is -0.336. The number of ether oxygens (including phenoxy) is 1. The molecule has 1 N–H and O–H groups in total. The van der Waals surface area contributed by atoms with E-state index in [1.807, 2.05) is 0 Å². The Labute approximate surface area is 102 Å². The second-order valence-electron chi connectivity index (χ2n) is 4.75. The Bertz CT molecular complexity index is 336. The summed E-state index contributed by atoms with van der Waals surface area (Å²) in [5, 5.41) is 9.97. The molecule has 17 heavy (non-hydrogen) atoms. The summed E-state index contributed by atoms with van der Waals surface area (Å²) < 4.78 is 5.05. The molecule has 1 aliphatic heterocycles. The van der Waals surface area contributed by atoms with Crippen LogP contribution in [0.2, 0.25) is 0 Å². The molecule has 1 unspecified atom stereocenters. The Hall–Kier alpha value is -1.21. The molecule has 0 aromatic carbocycles. The number of hydrogen-bond acceptors (Lipinski definition) is 3. The predicted molar refractivity (Wildman–Crippen MR) is 63.2 cm³/mol. The van der Waals surface area contributed by atoms with Crippen LogP contribution in [0.15, 0.2) is 0 Å². The molecule has 1 saturated heterocycles. The quantitative estimate of drug-likeness (QED) is 0.701. The Morgan fingerprint density at radius 1 is 1.59 bits per heavy atom. The zero-order valence-electron chi connectivity index (χ0n) is 10.1. The van der Waals surface area contributed by atoms with E-state index < -0.39 is 0 Å². The average molecular weight is 237 g/mol. The number of terminal acetylenes is 1. The summed E-state index contributed by atoms with van der Waals surface area (Å²) in [4.78, 5) is 13.6. The van der Waals surface area contributed by atoms with Crippen LogP contribution in [0.25, 0.3) is 0 Å². The fourth-order valence-corrected chi connectivity index (χ4v) is 3.09. The van der Waals surface area contributed by atoms with Gasteiger partial charge in [0.15, 0.2) is 0 Å². The fourth-order valence-electron chi connectivity index (χ4n) is 3.09. The smallest absolute Gasteiger partial charge is 0.411 e. The van der Waals surface area contributed by atoms with Crippen LogP contribution in [-0.2, 0) is 4.74 Å². The van der Waals surface area contributed by atoms with Gasteiger partial charge in [-0.25, -0.2) is 4.79 Å². The molecule has 2 rings (SSSR count). The Morgan fingerprint density at radius 3 is 3.00 bits per heavy atom. The van der Waals surface area contributed by atoms with E-state index in [0.29, 0.717) is 13.0 Å². The predicted octanol–water partition coefficient (Wildman–Crippen LogP) is 1.38. The number of aliphatic hydroxyl groups is 1. The van der Waals surface area contributed by atoms with Crippen molar-refractivity contribution in [3.8, 4) is 12.3 Å². The molecule has 0 radical (unpaired) electrons. The molecule has 4 heteroatoms. The molecule has 4 nitrogen and oxygen atoms in total. The molecule has 0 aromatic heterocycles. The summed E-state index contributed by atoms with van der Waals surface area (Å²) in [5.74, 6) is 2.76. The Balaban J connectivity index is 2.17. The van der Waals surface area contributed by atoms with Gasteiger partial charge in [0.25, 0.3) is 0 Å². The zero-order chi connectivity index (χ0) is 12.4. The third-order valence-corrected chi connectivity index (χ3v) is 3.85. The van der Waals surface area contributed by atoms with Crippen molar-refractivity contribution < 1.29 is 14.6 Å². The van der Waals surface area contributed by atoms with Gasteiger partial charge in [-0.2, -0.15) is 0 Å². The minimum absolute atomic E-state index is 0.0545. The van der Waals surface area contributed by atoms with Gasteiger partial charge in [0.2, 0.25) is 0 Å². The molecule has 2 fully saturated rings. The molecule has 0 spiro atoms. The van der Waals surface area contributed by atoms with Crippen molar-refractivity contribution in [1.29, 1.82) is 0 Å². The molecule has 0 aromatic rings. The van der Waals surface area contributed by atoms with Crippen LogP contribution in [-0.4, -0.2) is 40.9 Å². The van der Waals surface area contributed by atoms with Crippen molar-refractivity contribution in [2.24, 2.45) is 5.92 Å². The number of amides is 1. The lowest BCUT2D eigenvalue weighted by Gasteiger charge is -2.34. The Morgan fingerprint density at radius 2 is 2.35 bits per heavy atom. The molecule has 94 valence electrons. The second kappa shape index (κ2) is 4.97. The van der Waals surface area contributed by atoms with Gasteiger partial charge in [-0.1, -0.05) is 5.92 Å². The van der Waals surface area contributed by atoms with Crippen LogP contribution in [0.3, 0.4) is 0 Å². The lowest BCUT2D eigenvalue weighted by atomic mass is 9.82. The van der Waals surface area contributed by atoms with E-state index in [4.69, 9.17) is 11.2 Å². The highest BCUT2D eigenvalue weighted by atomic mass is 16.6. The first-order chi connectivity index (χ1) is 8.19. The van der Waals surface area contributed by atoms with E-state index in [2.05, 4.69) is 5.92 Å². The molecule has 1 amide bonds. The van der Waals surface area contributed by atoms with Crippen molar-refractivity contribution in [3.05, 3.63) is 0 Å². The minimum Gasteiger partial charge on any atom is -0.450 e. The highest BCUT2D eigenvalue weighted by Gasteiger charge is 2.47. The lowest BCUT2D eigenvalue weighted by Crippen LogP contribution is -2.45. The molecule has 1 heterocycles. The maximum absolute atomic E-state index is 11.9. The summed E-state index contributed by atoms with van der Waals surface area (Å²) in [6.07, 6.45) is 8.18. The number of carbonyl (C=O) groups is 1. The van der Waals surface area contributed by atoms with Crippen LogP contribution in [0, 0.1) is 18.3 Å². The van der Waals surface area contributed by atoms with Crippen molar-refractivity contribution in [2.45, 2.75) is 50.8 Å². The van der Waals surface area contributed by atoms with Gasteiger partial charge in [0.1, 0.15) is 0 Å². The van der Waals surface area contributed by atoms with E-state index >= 15 is 0 Å². The molecule has 1 aliphatic carbocycles. The molecular weight excluding hydrogens is 218 g/mol. The molecule has 2 aliphatic rings. The van der Waals surface area contributed by atoms with E-state index in [1.54, 1.807) is 11.8 Å². The van der Waals surface area contributed by atoms with E-state index in [-0.39, 0.29) is 30.2 Å². The van der Waals surface area contributed by atoms with Crippen LogP contribution in [0.5, 0.6) is 0 Å². The maximum Gasteiger partial charge on any atom is 0.411 e. The first-order valence-electron chi connectivity index (χ1n) is 6.28. The molecule has 1 saturated carbocycles. The molecular formula is C13H19NO3. The van der Waals surface area contributed by atoms with Crippen molar-refractivity contribution in [2.75, 3.05) is 6.61 Å². The van der Waals surface area contributed by atoms with Crippen LogP contribution >= 0.6 is 0 Å². The monoisotopic (exact) mass is 237 g/mol. The van der Waals surface area contributed by atoms with Crippen molar-refractivity contribution >= 4 is 6.09 Å². The summed E-state index contributed by atoms with van der Waals surface area (Å²) in [6, 6.07) is -0.171. The zero-order valence-corrected chi connectivity index (χ0v) is 10.1. The third-order valence-electron chi connectivity index (χ3n) is 3.85. The largest absolute Gasteiger partial charge is 0.450 e. The third kappa shape index (κ3) is 2.12. The van der Waals surface area contributed by atoms with Gasteiger partial charge in [0, 0.05) is 12.0 Å². The van der Waals surface area contributed by atoms with Crippen LogP contribution in [0.1, 0.15) is 32.6 Å². The van der Waals surface area contributed by atoms with Gasteiger partial charge in [-0.15, -0.1) is 6.42 Å². The molecule has 4 atom stereocenters. The van der Waals surface area contributed by atoms with Gasteiger partial charge in [-0.05, 0) is 32.6 Å². The summed E-state index contributed by atoms with van der Waals surface area (Å²) in [5.41, 5.74) is 0. The Kier molecular flexibility index (Phi) is 3.58. The van der Waals surface area contributed by atoms with Crippen molar-refractivity contribution in [1.82, 2.24) is 4.90 Å². The highest BCUT2D eigenvalue weighted by Crippen LogP contribution is 2.39. The number of nitrogens with zero attached hydrogens (tertiary/aromatic N) is 1. The maximum atomic E-state index is 11.9. The van der Waals surface area contributed by atoms with E-state index in [9.17, 15) is 9.90 Å². The highest BCUT2D eigenvalue weighted by molar-refractivity contribution is 5.69. The normalized spacial score (nSPS) is 36.2. The number of likely N-dealkylation sites (tertiary alicyclic amines) is 1. The fraction of sp³-hybridized carbons (Fsp3) is 0.769. The second-order valence-corrected chi connectivity index (χ2v) is 4.75. The van der Waals surface area contributed by atoms with E-state index in [0.717, 1.165) is 19.3 Å². The SMILES string of the molecule is C#CC1C[C@@H]2[C@@H](CCC[C@@H]2O)N1C(=O)OCC. The standard InChI is InChI=1S/C13H19NO3/c1-3-9-8-10-11(6-5-7-12(10)15)14(9)13(16)17-4-2/h1,9-12,15H,4-8H2,2H3/t9?,10-,11-,12+/m1/s1. The number of rotatable bonds is 1. The van der Waals surface area contributed by atoms with Gasteiger partial charge in [0.05, 0.1) is 18.8 Å². The number of hydrogen-bond donors (Lipinski definition) is 1. The van der Waals surface area contributed by atoms with Gasteiger partial charge >= 0.3 is 6.09 Å². The van der Waals surface area contributed by atoms with E-state index in [1.165, 1.54) is 0 Å². The summed E-state index contributed by atoms with van der Waals surface area (Å²) in [6.45, 7) is 2.14. The lowest BCUT2D eigenvalue weighted by molar-refractivity contribution is 0.0351. The van der Waals surface area contributed by atoms with Crippen LogP contribution in [0.4, 0.5) is 4.79 Å². The molecule has 0 bridgehead atoms. The van der Waals surface area contributed by atoms with Gasteiger partial charge in [-0.3, -0.25) is 4.90 Å². The summed E-state index contributed by atoms with van der Waals surface area (Å²) >= 11 is 0. The number of carbonyl (C=O) groups excluding carboxylic acids is 1. The summed E-state index contributed by atoms with van der Waals surface area (Å²) in [7, 11) is 0. The van der Waals surface area contributed by atoms with Crippen molar-refractivity contribution in [3.63, 3.8) is 0 Å². The topological polar surface area (TPSA) is 49.8 Å². The first kappa shape index (κ1) is 12.3. The average Bonchev–Trinajstić information content (AvgIpc) is 2.69.